The van der Waals surface area contributed by atoms with Crippen LogP contribution in [0.3, 0.4) is 0 Å². The number of aliphatic hydroxyl groups is 1. The SMILES string of the molecule is Cc1ccc(N=C(C2=C(O)CC(C)(C)CC2=O)c2ccc([N+](=O)[O-])cc2)cc1. The van der Waals surface area contributed by atoms with Gasteiger partial charge in [0.25, 0.3) is 5.69 Å². The van der Waals surface area contributed by atoms with Crippen LogP contribution in [0, 0.1) is 22.5 Å². The second-order valence-electron chi connectivity index (χ2n) is 7.86. The van der Waals surface area contributed by atoms with E-state index in [1.165, 1.54) is 12.1 Å². The number of allylic oxidation sites excluding steroid dienone is 2. The molecule has 0 aliphatic heterocycles. The minimum atomic E-state index is -0.481. The van der Waals surface area contributed by atoms with Crippen molar-refractivity contribution in [2.24, 2.45) is 10.4 Å². The average molecular weight is 378 g/mol. The van der Waals surface area contributed by atoms with E-state index in [2.05, 4.69) is 4.99 Å². The van der Waals surface area contributed by atoms with E-state index < -0.39 is 4.92 Å². The molecular formula is C22H22N2O4. The summed E-state index contributed by atoms with van der Waals surface area (Å²) in [5.74, 6) is -0.177. The van der Waals surface area contributed by atoms with Crippen LogP contribution in [-0.2, 0) is 4.79 Å². The Bertz CT molecular complexity index is 984. The Hall–Kier alpha value is -3.28. The third-order valence-electron chi connectivity index (χ3n) is 4.72. The van der Waals surface area contributed by atoms with Gasteiger partial charge >= 0.3 is 0 Å². The van der Waals surface area contributed by atoms with Crippen molar-refractivity contribution >= 4 is 22.9 Å². The standard InChI is InChI=1S/C22H22N2O4/c1-14-4-8-16(9-5-14)23-21(15-6-10-17(11-7-15)24(27)28)20-18(25)12-22(2,3)13-19(20)26/h4-11,25H,12-13H2,1-3H3. The van der Waals surface area contributed by atoms with E-state index in [-0.39, 0.29) is 28.2 Å². The molecule has 0 bridgehead atoms. The molecule has 0 atom stereocenters. The van der Waals surface area contributed by atoms with Gasteiger partial charge in [-0.1, -0.05) is 31.5 Å². The lowest BCUT2D eigenvalue weighted by Gasteiger charge is -2.30. The summed E-state index contributed by atoms with van der Waals surface area (Å²) in [6.07, 6.45) is 0.667. The van der Waals surface area contributed by atoms with Crippen molar-refractivity contribution in [3.63, 3.8) is 0 Å². The van der Waals surface area contributed by atoms with Crippen molar-refractivity contribution < 1.29 is 14.8 Å². The Kier molecular flexibility index (Phi) is 5.14. The molecule has 2 aromatic rings. The van der Waals surface area contributed by atoms with E-state index in [1.807, 2.05) is 45.0 Å². The van der Waals surface area contributed by atoms with Crippen LogP contribution in [0.4, 0.5) is 11.4 Å². The first kappa shape index (κ1) is 19.5. The van der Waals surface area contributed by atoms with E-state index in [0.29, 0.717) is 29.8 Å². The van der Waals surface area contributed by atoms with Crippen molar-refractivity contribution in [3.8, 4) is 0 Å². The number of aryl methyl sites for hydroxylation is 1. The highest BCUT2D eigenvalue weighted by atomic mass is 16.6. The summed E-state index contributed by atoms with van der Waals surface area (Å²) in [5, 5.41) is 21.6. The van der Waals surface area contributed by atoms with Crippen molar-refractivity contribution in [2.75, 3.05) is 0 Å². The van der Waals surface area contributed by atoms with E-state index in [4.69, 9.17) is 0 Å². The van der Waals surface area contributed by atoms with Crippen LogP contribution >= 0.6 is 0 Å². The lowest BCUT2D eigenvalue weighted by atomic mass is 9.75. The molecule has 1 aliphatic carbocycles. The van der Waals surface area contributed by atoms with Crippen LogP contribution in [0.5, 0.6) is 0 Å². The summed E-state index contributed by atoms with van der Waals surface area (Å²) in [4.78, 5) is 27.9. The molecule has 0 unspecified atom stereocenters. The number of hydrogen-bond donors (Lipinski definition) is 1. The van der Waals surface area contributed by atoms with Gasteiger partial charge in [0.15, 0.2) is 5.78 Å². The highest BCUT2D eigenvalue weighted by Crippen LogP contribution is 2.37. The van der Waals surface area contributed by atoms with Crippen LogP contribution in [0.2, 0.25) is 0 Å². The van der Waals surface area contributed by atoms with Crippen molar-refractivity contribution in [1.29, 1.82) is 0 Å². The van der Waals surface area contributed by atoms with E-state index in [0.717, 1.165) is 5.56 Å². The van der Waals surface area contributed by atoms with E-state index in [9.17, 15) is 20.0 Å². The predicted molar refractivity (Wildman–Crippen MR) is 108 cm³/mol. The van der Waals surface area contributed by atoms with Crippen molar-refractivity contribution in [2.45, 2.75) is 33.6 Å². The quantitative estimate of drug-likeness (QED) is 0.448. The van der Waals surface area contributed by atoms with Crippen LogP contribution < -0.4 is 0 Å². The Morgan fingerprint density at radius 3 is 2.21 bits per heavy atom. The zero-order valence-corrected chi connectivity index (χ0v) is 16.1. The fourth-order valence-corrected chi connectivity index (χ4v) is 3.31. The number of rotatable bonds is 4. The molecule has 0 heterocycles. The summed E-state index contributed by atoms with van der Waals surface area (Å²) < 4.78 is 0. The van der Waals surface area contributed by atoms with Gasteiger partial charge in [0.1, 0.15) is 5.76 Å². The van der Waals surface area contributed by atoms with E-state index >= 15 is 0 Å². The fraction of sp³-hybridized carbons (Fsp3) is 0.273. The van der Waals surface area contributed by atoms with Crippen LogP contribution in [-0.4, -0.2) is 21.5 Å². The van der Waals surface area contributed by atoms with Crippen molar-refractivity contribution in [3.05, 3.63) is 81.1 Å². The molecule has 0 saturated carbocycles. The Balaban J connectivity index is 2.16. The summed E-state index contributed by atoms with van der Waals surface area (Å²) >= 11 is 0. The third kappa shape index (κ3) is 4.17. The van der Waals surface area contributed by atoms with Crippen molar-refractivity contribution in [1.82, 2.24) is 0 Å². The highest BCUT2D eigenvalue weighted by Gasteiger charge is 2.35. The molecule has 0 fully saturated rings. The Morgan fingerprint density at radius 2 is 1.68 bits per heavy atom. The molecule has 1 aliphatic rings. The average Bonchev–Trinajstić information content (AvgIpc) is 2.61. The smallest absolute Gasteiger partial charge is 0.269 e. The maximum Gasteiger partial charge on any atom is 0.269 e. The molecule has 0 aromatic heterocycles. The molecule has 6 nitrogen and oxygen atoms in total. The van der Waals surface area contributed by atoms with Gasteiger partial charge in [0, 0.05) is 30.5 Å². The molecule has 0 spiro atoms. The molecule has 1 N–H and O–H groups in total. The normalized spacial score (nSPS) is 17.0. The monoisotopic (exact) mass is 378 g/mol. The number of nitrogens with zero attached hydrogens (tertiary/aromatic N) is 2. The molecule has 2 aromatic carbocycles. The van der Waals surface area contributed by atoms with Crippen LogP contribution in [0.1, 0.15) is 37.8 Å². The first-order chi connectivity index (χ1) is 13.2. The minimum absolute atomic E-state index is 0.00506. The number of Topliss-reactive ketones (excluding diaryl/α,β-unsaturated/α-hetero) is 1. The molecule has 28 heavy (non-hydrogen) atoms. The lowest BCUT2D eigenvalue weighted by molar-refractivity contribution is -0.384. The summed E-state index contributed by atoms with van der Waals surface area (Å²) in [5.41, 5.74) is 2.40. The number of benzene rings is 2. The first-order valence-corrected chi connectivity index (χ1v) is 9.02. The fourth-order valence-electron chi connectivity index (χ4n) is 3.31. The predicted octanol–water partition coefficient (Wildman–Crippen LogP) is 5.23. The number of non-ortho nitro benzene ring substituents is 1. The first-order valence-electron chi connectivity index (χ1n) is 9.02. The third-order valence-corrected chi connectivity index (χ3v) is 4.72. The molecule has 6 heteroatoms. The zero-order chi connectivity index (χ0) is 20.5. The van der Waals surface area contributed by atoms with Crippen LogP contribution in [0.15, 0.2) is 64.9 Å². The lowest BCUT2D eigenvalue weighted by Crippen LogP contribution is -2.29. The van der Waals surface area contributed by atoms with Gasteiger partial charge in [-0.15, -0.1) is 0 Å². The summed E-state index contributed by atoms with van der Waals surface area (Å²) in [6.45, 7) is 5.83. The highest BCUT2D eigenvalue weighted by molar-refractivity contribution is 6.29. The minimum Gasteiger partial charge on any atom is -0.511 e. The maximum atomic E-state index is 12.8. The number of ketones is 1. The molecule has 0 amide bonds. The number of nitro benzene ring substituents is 1. The molecule has 0 radical (unpaired) electrons. The number of nitro groups is 1. The number of carbonyl (C=O) groups excluding carboxylic acids is 1. The number of hydrogen-bond acceptors (Lipinski definition) is 5. The van der Waals surface area contributed by atoms with Gasteiger partial charge in [-0.25, -0.2) is 4.99 Å². The van der Waals surface area contributed by atoms with Gasteiger partial charge in [0.05, 0.1) is 21.9 Å². The summed E-state index contributed by atoms with van der Waals surface area (Å²) in [6, 6.07) is 13.3. The van der Waals surface area contributed by atoms with Gasteiger partial charge in [-0.3, -0.25) is 14.9 Å². The van der Waals surface area contributed by atoms with Gasteiger partial charge < -0.3 is 5.11 Å². The maximum absolute atomic E-state index is 12.8. The number of carbonyl (C=O) groups is 1. The largest absolute Gasteiger partial charge is 0.511 e. The number of aliphatic imine (C=N–C) groups is 1. The molecule has 144 valence electrons. The van der Waals surface area contributed by atoms with Gasteiger partial charge in [-0.2, -0.15) is 0 Å². The summed E-state index contributed by atoms with van der Waals surface area (Å²) in [7, 11) is 0. The molecule has 0 saturated heterocycles. The second-order valence-corrected chi connectivity index (χ2v) is 7.86. The molecule has 3 rings (SSSR count). The van der Waals surface area contributed by atoms with E-state index in [1.54, 1.807) is 12.1 Å². The van der Waals surface area contributed by atoms with Gasteiger partial charge in [0.2, 0.25) is 0 Å². The second kappa shape index (κ2) is 7.38. The zero-order valence-electron chi connectivity index (χ0n) is 16.1. The van der Waals surface area contributed by atoms with Crippen LogP contribution in [0.25, 0.3) is 0 Å². The Morgan fingerprint density at radius 1 is 1.07 bits per heavy atom. The number of aliphatic hydroxyl groups excluding tert-OH is 1. The Labute approximate surface area is 163 Å². The molecular weight excluding hydrogens is 356 g/mol. The van der Waals surface area contributed by atoms with Gasteiger partial charge in [-0.05, 0) is 36.6 Å². The topological polar surface area (TPSA) is 92.8 Å².